The van der Waals surface area contributed by atoms with E-state index in [2.05, 4.69) is 0 Å². The van der Waals surface area contributed by atoms with E-state index in [1.807, 2.05) is 0 Å². The molecule has 0 spiro atoms. The maximum absolute atomic E-state index is 12.1. The van der Waals surface area contributed by atoms with Gasteiger partial charge in [0.05, 0.1) is 0 Å². The minimum Gasteiger partial charge on any atom is -0.508 e. The van der Waals surface area contributed by atoms with Gasteiger partial charge in [0.15, 0.2) is 0 Å². The smallest absolute Gasteiger partial charge is 0.471 e. The summed E-state index contributed by atoms with van der Waals surface area (Å²) in [5.74, 6) is -1.91. The van der Waals surface area contributed by atoms with Gasteiger partial charge in [0.25, 0.3) is 0 Å². The number of benzene rings is 2. The molecular formula is C16H14F3NO3. The lowest BCUT2D eigenvalue weighted by Crippen LogP contribution is -2.29. The van der Waals surface area contributed by atoms with Gasteiger partial charge in [-0.15, -0.1) is 0 Å². The fourth-order valence-electron chi connectivity index (χ4n) is 2.01. The summed E-state index contributed by atoms with van der Waals surface area (Å²) in [6.45, 7) is 0. The van der Waals surface area contributed by atoms with Gasteiger partial charge in [-0.05, 0) is 54.3 Å². The molecule has 122 valence electrons. The Labute approximate surface area is 130 Å². The van der Waals surface area contributed by atoms with Gasteiger partial charge in [0.1, 0.15) is 11.5 Å². The highest BCUT2D eigenvalue weighted by Gasteiger charge is 2.38. The molecule has 0 saturated heterocycles. The average Bonchev–Trinajstić information content (AvgIpc) is 2.48. The molecule has 0 heterocycles. The van der Waals surface area contributed by atoms with Gasteiger partial charge >= 0.3 is 12.1 Å². The quantitative estimate of drug-likeness (QED) is 0.755. The van der Waals surface area contributed by atoms with Crippen LogP contribution in [0, 0.1) is 0 Å². The summed E-state index contributed by atoms with van der Waals surface area (Å²) < 4.78 is 36.4. The zero-order valence-electron chi connectivity index (χ0n) is 11.9. The van der Waals surface area contributed by atoms with Crippen LogP contribution in [0.15, 0.2) is 42.5 Å². The number of hydrogen-bond acceptors (Lipinski definition) is 3. The summed E-state index contributed by atoms with van der Waals surface area (Å²) >= 11 is 0. The molecule has 0 unspecified atom stereocenters. The molecule has 1 amide bonds. The SMILES string of the molecule is O=C(Nc1ccc(CCc2cc(O)ccc2O)cc1)C(F)(F)F. The van der Waals surface area contributed by atoms with Crippen LogP contribution in [-0.2, 0) is 17.6 Å². The Morgan fingerprint density at radius 1 is 1.00 bits per heavy atom. The number of carbonyl (C=O) groups excluding carboxylic acids is 1. The van der Waals surface area contributed by atoms with Crippen LogP contribution < -0.4 is 5.32 Å². The Kier molecular flexibility index (Phi) is 4.78. The molecular weight excluding hydrogens is 311 g/mol. The molecule has 0 atom stereocenters. The summed E-state index contributed by atoms with van der Waals surface area (Å²) in [7, 11) is 0. The van der Waals surface area contributed by atoms with Crippen LogP contribution in [0.25, 0.3) is 0 Å². The molecule has 2 aromatic carbocycles. The Bertz CT molecular complexity index is 697. The summed E-state index contributed by atoms with van der Waals surface area (Å²) in [5, 5.41) is 20.8. The van der Waals surface area contributed by atoms with Crippen molar-refractivity contribution < 1.29 is 28.2 Å². The molecule has 2 rings (SSSR count). The Balaban J connectivity index is 1.98. The van der Waals surface area contributed by atoms with Crippen LogP contribution in [0.3, 0.4) is 0 Å². The van der Waals surface area contributed by atoms with E-state index in [0.717, 1.165) is 5.56 Å². The maximum atomic E-state index is 12.1. The summed E-state index contributed by atoms with van der Waals surface area (Å²) in [6.07, 6.45) is -3.95. The molecule has 0 aliphatic heterocycles. The van der Waals surface area contributed by atoms with E-state index < -0.39 is 12.1 Å². The standard InChI is InChI=1S/C16H14F3NO3/c17-16(18,19)15(23)20-12-5-2-10(3-6-12)1-4-11-9-13(21)7-8-14(11)22/h2-3,5-9,21-22H,1,4H2,(H,20,23). The van der Waals surface area contributed by atoms with E-state index in [-0.39, 0.29) is 17.2 Å². The van der Waals surface area contributed by atoms with E-state index in [9.17, 15) is 28.2 Å². The lowest BCUT2D eigenvalue weighted by molar-refractivity contribution is -0.167. The number of hydrogen-bond donors (Lipinski definition) is 3. The highest BCUT2D eigenvalue weighted by atomic mass is 19.4. The lowest BCUT2D eigenvalue weighted by atomic mass is 10.0. The van der Waals surface area contributed by atoms with Crippen LogP contribution in [-0.4, -0.2) is 22.3 Å². The number of amides is 1. The highest BCUT2D eigenvalue weighted by Crippen LogP contribution is 2.24. The number of phenols is 2. The Hall–Kier alpha value is -2.70. The summed E-state index contributed by atoms with van der Waals surface area (Å²) in [6, 6.07) is 10.1. The molecule has 0 aromatic heterocycles. The van der Waals surface area contributed by atoms with Crippen molar-refractivity contribution in [2.24, 2.45) is 0 Å². The lowest BCUT2D eigenvalue weighted by Gasteiger charge is -2.09. The summed E-state index contributed by atoms with van der Waals surface area (Å²) in [4.78, 5) is 10.8. The Morgan fingerprint density at radius 3 is 2.26 bits per heavy atom. The number of aryl methyl sites for hydroxylation is 2. The first-order valence-electron chi connectivity index (χ1n) is 6.73. The van der Waals surface area contributed by atoms with E-state index >= 15 is 0 Å². The third kappa shape index (κ3) is 4.64. The van der Waals surface area contributed by atoms with E-state index in [1.165, 1.54) is 30.3 Å². The van der Waals surface area contributed by atoms with E-state index in [4.69, 9.17) is 0 Å². The monoisotopic (exact) mass is 325 g/mol. The molecule has 2 aromatic rings. The molecule has 3 N–H and O–H groups in total. The largest absolute Gasteiger partial charge is 0.508 e. The third-order valence-electron chi connectivity index (χ3n) is 3.22. The zero-order chi connectivity index (χ0) is 17.0. The fourth-order valence-corrected chi connectivity index (χ4v) is 2.01. The first-order valence-corrected chi connectivity index (χ1v) is 6.73. The second kappa shape index (κ2) is 6.60. The highest BCUT2D eigenvalue weighted by molar-refractivity contribution is 5.94. The van der Waals surface area contributed by atoms with Gasteiger partial charge in [-0.3, -0.25) is 4.79 Å². The maximum Gasteiger partial charge on any atom is 0.471 e. The molecule has 0 aliphatic carbocycles. The number of phenolic OH excluding ortho intramolecular Hbond substituents is 2. The molecule has 7 heteroatoms. The minimum absolute atomic E-state index is 0.0445. The number of anilines is 1. The molecule has 0 bridgehead atoms. The number of aromatic hydroxyl groups is 2. The van der Waals surface area contributed by atoms with Crippen LogP contribution in [0.2, 0.25) is 0 Å². The zero-order valence-corrected chi connectivity index (χ0v) is 11.9. The molecule has 0 fully saturated rings. The number of nitrogens with one attached hydrogen (secondary N) is 1. The van der Waals surface area contributed by atoms with Gasteiger partial charge in [-0.25, -0.2) is 0 Å². The van der Waals surface area contributed by atoms with Gasteiger partial charge < -0.3 is 15.5 Å². The van der Waals surface area contributed by atoms with E-state index in [0.29, 0.717) is 18.4 Å². The van der Waals surface area contributed by atoms with Crippen molar-refractivity contribution in [1.29, 1.82) is 0 Å². The van der Waals surface area contributed by atoms with Crippen LogP contribution in [0.5, 0.6) is 11.5 Å². The molecule has 4 nitrogen and oxygen atoms in total. The van der Waals surface area contributed by atoms with Crippen molar-refractivity contribution in [3.63, 3.8) is 0 Å². The minimum atomic E-state index is -4.93. The normalized spacial score (nSPS) is 11.3. The fraction of sp³-hybridized carbons (Fsp3) is 0.188. The molecule has 0 radical (unpaired) electrons. The van der Waals surface area contributed by atoms with Crippen LogP contribution in [0.1, 0.15) is 11.1 Å². The van der Waals surface area contributed by atoms with Crippen molar-refractivity contribution >= 4 is 11.6 Å². The van der Waals surface area contributed by atoms with Crippen LogP contribution >= 0.6 is 0 Å². The van der Waals surface area contributed by atoms with Crippen molar-refractivity contribution in [3.8, 4) is 11.5 Å². The molecule has 0 saturated carbocycles. The third-order valence-corrected chi connectivity index (χ3v) is 3.22. The first-order chi connectivity index (χ1) is 10.8. The van der Waals surface area contributed by atoms with E-state index in [1.54, 1.807) is 17.4 Å². The number of rotatable bonds is 4. The molecule has 23 heavy (non-hydrogen) atoms. The number of alkyl halides is 3. The second-order valence-electron chi connectivity index (χ2n) is 4.96. The van der Waals surface area contributed by atoms with Crippen LogP contribution in [0.4, 0.5) is 18.9 Å². The number of halogens is 3. The first kappa shape index (κ1) is 16.7. The van der Waals surface area contributed by atoms with Gasteiger partial charge in [-0.1, -0.05) is 12.1 Å². The van der Waals surface area contributed by atoms with Gasteiger partial charge in [0.2, 0.25) is 0 Å². The van der Waals surface area contributed by atoms with Crippen molar-refractivity contribution in [2.45, 2.75) is 19.0 Å². The number of carbonyl (C=O) groups is 1. The van der Waals surface area contributed by atoms with Gasteiger partial charge in [-0.2, -0.15) is 13.2 Å². The summed E-state index contributed by atoms with van der Waals surface area (Å²) in [5.41, 5.74) is 1.44. The topological polar surface area (TPSA) is 69.6 Å². The Morgan fingerprint density at radius 2 is 1.65 bits per heavy atom. The average molecular weight is 325 g/mol. The van der Waals surface area contributed by atoms with Crippen molar-refractivity contribution in [3.05, 3.63) is 53.6 Å². The molecule has 0 aliphatic rings. The predicted molar refractivity (Wildman–Crippen MR) is 78.3 cm³/mol. The van der Waals surface area contributed by atoms with Gasteiger partial charge in [0, 0.05) is 5.69 Å². The van der Waals surface area contributed by atoms with Crippen molar-refractivity contribution in [2.75, 3.05) is 5.32 Å². The second-order valence-corrected chi connectivity index (χ2v) is 4.96. The van der Waals surface area contributed by atoms with Crippen molar-refractivity contribution in [1.82, 2.24) is 0 Å². The predicted octanol–water partition coefficient (Wildman–Crippen LogP) is 3.38.